The second kappa shape index (κ2) is 8.00. The summed E-state index contributed by atoms with van der Waals surface area (Å²) in [6.07, 6.45) is -0.257. The van der Waals surface area contributed by atoms with E-state index < -0.39 is 23.5 Å². The highest BCUT2D eigenvalue weighted by Gasteiger charge is 2.44. The van der Waals surface area contributed by atoms with Gasteiger partial charge in [0.15, 0.2) is 6.10 Å². The standard InChI is InChI=1S/C24H18FNO4S/c25-15-9-7-14(8-10-15)19-20-21(17-5-1-2-6-18(17)29-24(20)28)30-22(19)23(27)26-12-11-16-4-3-13-31-16/h1-10,13,19,22H,11-12H2,(H,26,27)/t19-,22+/m1/s1. The molecule has 1 aliphatic heterocycles. The van der Waals surface area contributed by atoms with Crippen molar-refractivity contribution in [3.63, 3.8) is 0 Å². The Morgan fingerprint density at radius 2 is 1.87 bits per heavy atom. The molecule has 0 saturated carbocycles. The molecule has 0 unspecified atom stereocenters. The number of carbonyl (C=O) groups excluding carboxylic acids is 1. The van der Waals surface area contributed by atoms with E-state index in [4.69, 9.17) is 9.15 Å². The Bertz CT molecular complexity index is 1300. The third-order valence-electron chi connectivity index (χ3n) is 5.40. The Hall–Kier alpha value is -3.45. The number of thiophene rings is 1. The number of amides is 1. The van der Waals surface area contributed by atoms with Gasteiger partial charge in [0.05, 0.1) is 16.9 Å². The SMILES string of the molecule is O=C(NCCc1cccs1)[C@H]1Oc2c(c(=O)oc3ccccc23)[C@H]1c1ccc(F)cc1. The van der Waals surface area contributed by atoms with E-state index in [0.717, 1.165) is 4.88 Å². The highest BCUT2D eigenvalue weighted by atomic mass is 32.1. The van der Waals surface area contributed by atoms with Gasteiger partial charge in [-0.2, -0.15) is 0 Å². The van der Waals surface area contributed by atoms with E-state index in [1.54, 1.807) is 41.7 Å². The van der Waals surface area contributed by atoms with Crippen molar-refractivity contribution >= 4 is 28.2 Å². The van der Waals surface area contributed by atoms with Crippen LogP contribution in [-0.4, -0.2) is 18.6 Å². The predicted octanol–water partition coefficient (Wildman–Crippen LogP) is 4.25. The Morgan fingerprint density at radius 3 is 2.65 bits per heavy atom. The molecule has 0 saturated heterocycles. The minimum atomic E-state index is -0.961. The van der Waals surface area contributed by atoms with E-state index in [2.05, 4.69) is 5.32 Å². The van der Waals surface area contributed by atoms with Gasteiger partial charge < -0.3 is 14.5 Å². The summed E-state index contributed by atoms with van der Waals surface area (Å²) < 4.78 is 25.1. The fourth-order valence-electron chi connectivity index (χ4n) is 3.96. The predicted molar refractivity (Wildman–Crippen MR) is 116 cm³/mol. The van der Waals surface area contributed by atoms with Gasteiger partial charge in [-0.3, -0.25) is 4.79 Å². The summed E-state index contributed by atoms with van der Waals surface area (Å²) in [6.45, 7) is 0.445. The van der Waals surface area contributed by atoms with Gasteiger partial charge in [0.1, 0.15) is 17.1 Å². The van der Waals surface area contributed by atoms with Crippen molar-refractivity contribution in [1.29, 1.82) is 0 Å². The molecule has 2 atom stereocenters. The van der Waals surface area contributed by atoms with Gasteiger partial charge in [-0.15, -0.1) is 11.3 Å². The van der Waals surface area contributed by atoms with Gasteiger partial charge in [0.2, 0.25) is 0 Å². The van der Waals surface area contributed by atoms with Gasteiger partial charge in [0, 0.05) is 11.4 Å². The largest absolute Gasteiger partial charge is 0.478 e. The number of hydrogen-bond donors (Lipinski definition) is 1. The van der Waals surface area contributed by atoms with Gasteiger partial charge in [-0.05, 0) is 47.7 Å². The lowest BCUT2D eigenvalue weighted by Crippen LogP contribution is -2.41. The second-order valence-electron chi connectivity index (χ2n) is 7.32. The number of rotatable bonds is 5. The van der Waals surface area contributed by atoms with Crippen LogP contribution in [0.3, 0.4) is 0 Å². The highest BCUT2D eigenvalue weighted by Crippen LogP contribution is 2.44. The molecule has 0 spiro atoms. The van der Waals surface area contributed by atoms with E-state index in [-0.39, 0.29) is 11.5 Å². The van der Waals surface area contributed by atoms with Crippen LogP contribution in [-0.2, 0) is 11.2 Å². The first-order chi connectivity index (χ1) is 15.1. The molecule has 3 heterocycles. The molecule has 0 fully saturated rings. The number of benzene rings is 2. The number of para-hydroxylation sites is 1. The summed E-state index contributed by atoms with van der Waals surface area (Å²) in [4.78, 5) is 27.1. The van der Waals surface area contributed by atoms with E-state index in [9.17, 15) is 14.0 Å². The van der Waals surface area contributed by atoms with Crippen LogP contribution < -0.4 is 15.7 Å². The van der Waals surface area contributed by atoms with Crippen molar-refractivity contribution in [1.82, 2.24) is 5.32 Å². The zero-order valence-corrected chi connectivity index (χ0v) is 17.2. The van der Waals surface area contributed by atoms with Crippen LogP contribution in [0.25, 0.3) is 11.0 Å². The van der Waals surface area contributed by atoms with Crippen LogP contribution in [0.1, 0.15) is 21.9 Å². The average molecular weight is 435 g/mol. The fourth-order valence-corrected chi connectivity index (χ4v) is 4.67. The lowest BCUT2D eigenvalue weighted by atomic mass is 9.88. The zero-order valence-electron chi connectivity index (χ0n) is 16.3. The van der Waals surface area contributed by atoms with Crippen LogP contribution in [0.4, 0.5) is 4.39 Å². The van der Waals surface area contributed by atoms with Crippen molar-refractivity contribution in [2.24, 2.45) is 0 Å². The van der Waals surface area contributed by atoms with Crippen LogP contribution in [0.2, 0.25) is 0 Å². The molecule has 0 bridgehead atoms. The molecule has 2 aromatic heterocycles. The van der Waals surface area contributed by atoms with Gasteiger partial charge in [-0.1, -0.05) is 30.3 Å². The molecule has 4 aromatic rings. The lowest BCUT2D eigenvalue weighted by molar-refractivity contribution is -0.127. The molecule has 7 heteroatoms. The summed E-state index contributed by atoms with van der Waals surface area (Å²) in [5.41, 5.74) is 0.727. The molecular weight excluding hydrogens is 417 g/mol. The smallest absolute Gasteiger partial charge is 0.344 e. The average Bonchev–Trinajstić information content (AvgIpc) is 3.43. The highest BCUT2D eigenvalue weighted by molar-refractivity contribution is 7.09. The molecular formula is C24H18FNO4S. The van der Waals surface area contributed by atoms with Crippen molar-refractivity contribution in [3.8, 4) is 5.75 Å². The summed E-state index contributed by atoms with van der Waals surface area (Å²) in [6, 6.07) is 16.8. The quantitative estimate of drug-likeness (QED) is 0.476. The number of carbonyl (C=O) groups is 1. The van der Waals surface area contributed by atoms with E-state index in [1.165, 1.54) is 12.1 Å². The maximum Gasteiger partial charge on any atom is 0.344 e. The topological polar surface area (TPSA) is 68.5 Å². The first kappa shape index (κ1) is 19.5. The Labute approximate surface area is 181 Å². The molecule has 0 aliphatic carbocycles. The minimum absolute atomic E-state index is 0.281. The summed E-state index contributed by atoms with van der Waals surface area (Å²) >= 11 is 1.63. The van der Waals surface area contributed by atoms with Gasteiger partial charge >= 0.3 is 5.63 Å². The molecule has 1 amide bonds. The molecule has 0 radical (unpaired) electrons. The normalized spacial score (nSPS) is 17.3. The Morgan fingerprint density at radius 1 is 1.06 bits per heavy atom. The van der Waals surface area contributed by atoms with E-state index >= 15 is 0 Å². The summed E-state index contributed by atoms with van der Waals surface area (Å²) in [5, 5.41) is 5.52. The molecule has 2 aromatic carbocycles. The third kappa shape index (κ3) is 3.61. The third-order valence-corrected chi connectivity index (χ3v) is 6.33. The van der Waals surface area contributed by atoms with Crippen LogP contribution in [0, 0.1) is 5.82 Å². The number of nitrogens with one attached hydrogen (secondary N) is 1. The lowest BCUT2D eigenvalue weighted by Gasteiger charge is -2.18. The molecule has 5 rings (SSSR count). The Kier molecular flexibility index (Phi) is 5.03. The number of hydrogen-bond acceptors (Lipinski definition) is 5. The molecule has 1 N–H and O–H groups in total. The number of halogens is 1. The van der Waals surface area contributed by atoms with E-state index in [1.807, 2.05) is 23.6 Å². The van der Waals surface area contributed by atoms with Crippen LogP contribution in [0.5, 0.6) is 5.75 Å². The minimum Gasteiger partial charge on any atom is -0.478 e. The van der Waals surface area contributed by atoms with Crippen LogP contribution in [0.15, 0.2) is 75.3 Å². The van der Waals surface area contributed by atoms with Crippen molar-refractivity contribution in [2.75, 3.05) is 6.54 Å². The first-order valence-electron chi connectivity index (χ1n) is 9.90. The van der Waals surface area contributed by atoms with Crippen molar-refractivity contribution < 1.29 is 18.3 Å². The van der Waals surface area contributed by atoms with E-state index in [0.29, 0.717) is 35.2 Å². The fraction of sp³-hybridized carbons (Fsp3) is 0.167. The molecule has 31 heavy (non-hydrogen) atoms. The molecule has 1 aliphatic rings. The van der Waals surface area contributed by atoms with Gasteiger partial charge in [0.25, 0.3) is 5.91 Å². The maximum absolute atomic E-state index is 13.5. The molecule has 5 nitrogen and oxygen atoms in total. The van der Waals surface area contributed by atoms with Crippen molar-refractivity contribution in [2.45, 2.75) is 18.4 Å². The number of fused-ring (bicyclic) bond motifs is 3. The number of ether oxygens (including phenoxy) is 1. The van der Waals surface area contributed by atoms with Gasteiger partial charge in [-0.25, -0.2) is 9.18 Å². The summed E-state index contributed by atoms with van der Waals surface area (Å²) in [7, 11) is 0. The monoisotopic (exact) mass is 435 g/mol. The maximum atomic E-state index is 13.5. The zero-order chi connectivity index (χ0) is 21.4. The first-order valence-corrected chi connectivity index (χ1v) is 10.8. The molecule has 156 valence electrons. The Balaban J connectivity index is 1.52. The second-order valence-corrected chi connectivity index (χ2v) is 8.35. The van der Waals surface area contributed by atoms with Crippen molar-refractivity contribution in [3.05, 3.63) is 98.3 Å². The summed E-state index contributed by atoms with van der Waals surface area (Å²) in [5.74, 6) is -1.08. The van der Waals surface area contributed by atoms with Crippen LogP contribution >= 0.6 is 11.3 Å².